The summed E-state index contributed by atoms with van der Waals surface area (Å²) >= 11 is 1.63. The van der Waals surface area contributed by atoms with E-state index in [2.05, 4.69) is 31.1 Å². The minimum Gasteiger partial charge on any atom is -0.272 e. The average Bonchev–Trinajstić information content (AvgIpc) is 3.59. The van der Waals surface area contributed by atoms with Crippen LogP contribution in [0.4, 0.5) is 0 Å². The summed E-state index contributed by atoms with van der Waals surface area (Å²) in [6.07, 6.45) is 1.62. The lowest BCUT2D eigenvalue weighted by Gasteiger charge is -2.08. The van der Waals surface area contributed by atoms with E-state index in [4.69, 9.17) is 0 Å². The molecule has 0 aliphatic heterocycles. The fourth-order valence-electron chi connectivity index (χ4n) is 3.47. The second kappa shape index (κ2) is 8.67. The lowest BCUT2D eigenvalue weighted by Crippen LogP contribution is -2.41. The van der Waals surface area contributed by atoms with Crippen LogP contribution < -0.4 is 10.9 Å². The first-order valence-electron chi connectivity index (χ1n) is 10.2. The van der Waals surface area contributed by atoms with Crippen LogP contribution in [0.5, 0.6) is 0 Å². The van der Waals surface area contributed by atoms with Crippen molar-refractivity contribution in [3.05, 3.63) is 88.0 Å². The van der Waals surface area contributed by atoms with Gasteiger partial charge < -0.3 is 0 Å². The molecular formula is C23H19N7O2S. The zero-order valence-electron chi connectivity index (χ0n) is 17.6. The fraction of sp³-hybridized carbons (Fsp3) is 0.0870. The number of aryl methyl sites for hydroxylation is 1. The van der Waals surface area contributed by atoms with Crippen molar-refractivity contribution in [2.75, 3.05) is 0 Å². The van der Waals surface area contributed by atoms with E-state index in [0.29, 0.717) is 34.5 Å². The number of nitrogens with zero attached hydrogens (tertiary/aromatic N) is 4. The summed E-state index contributed by atoms with van der Waals surface area (Å²) in [4.78, 5) is 31.1. The molecule has 5 aromatic rings. The number of hydrogen-bond donors (Lipinski definition) is 3. The van der Waals surface area contributed by atoms with E-state index in [-0.39, 0.29) is 5.69 Å². The van der Waals surface area contributed by atoms with E-state index < -0.39 is 11.8 Å². The van der Waals surface area contributed by atoms with Gasteiger partial charge in [-0.25, -0.2) is 9.67 Å². The Morgan fingerprint density at radius 1 is 1.06 bits per heavy atom. The van der Waals surface area contributed by atoms with Crippen LogP contribution in [0.3, 0.4) is 0 Å². The maximum Gasteiger partial charge on any atom is 0.287 e. The van der Waals surface area contributed by atoms with Crippen molar-refractivity contribution < 1.29 is 9.59 Å². The Labute approximate surface area is 192 Å². The highest BCUT2D eigenvalue weighted by Crippen LogP contribution is 2.20. The smallest absolute Gasteiger partial charge is 0.272 e. The Balaban J connectivity index is 1.32. The van der Waals surface area contributed by atoms with Gasteiger partial charge in [-0.3, -0.25) is 25.5 Å². The number of aromatic amines is 1. The zero-order valence-corrected chi connectivity index (χ0v) is 18.4. The Kier molecular flexibility index (Phi) is 5.41. The van der Waals surface area contributed by atoms with Crippen molar-refractivity contribution in [1.29, 1.82) is 0 Å². The zero-order chi connectivity index (χ0) is 22.8. The third kappa shape index (κ3) is 4.23. The average molecular weight is 458 g/mol. The van der Waals surface area contributed by atoms with Crippen LogP contribution >= 0.6 is 11.3 Å². The fourth-order valence-corrected chi connectivity index (χ4v) is 4.16. The molecule has 0 saturated heterocycles. The van der Waals surface area contributed by atoms with Gasteiger partial charge in [0.1, 0.15) is 5.69 Å². The van der Waals surface area contributed by atoms with Gasteiger partial charge in [-0.05, 0) is 30.5 Å². The summed E-state index contributed by atoms with van der Waals surface area (Å²) < 4.78 is 1.76. The number of nitrogens with one attached hydrogen (secondary N) is 3. The van der Waals surface area contributed by atoms with Crippen LogP contribution in [0.15, 0.2) is 66.2 Å². The van der Waals surface area contributed by atoms with Gasteiger partial charge in [0.05, 0.1) is 29.4 Å². The van der Waals surface area contributed by atoms with Gasteiger partial charge >= 0.3 is 0 Å². The normalized spacial score (nSPS) is 10.9. The highest BCUT2D eigenvalue weighted by Gasteiger charge is 2.18. The van der Waals surface area contributed by atoms with Crippen molar-refractivity contribution in [3.8, 4) is 11.3 Å². The largest absolute Gasteiger partial charge is 0.287 e. The summed E-state index contributed by atoms with van der Waals surface area (Å²) in [5, 5.41) is 13.9. The lowest BCUT2D eigenvalue weighted by atomic mass is 10.1. The van der Waals surface area contributed by atoms with Crippen LogP contribution in [0.1, 0.15) is 31.4 Å². The molecule has 0 radical (unpaired) electrons. The Bertz CT molecular complexity index is 1440. The predicted molar refractivity (Wildman–Crippen MR) is 125 cm³/mol. The van der Waals surface area contributed by atoms with Gasteiger partial charge in [0, 0.05) is 16.1 Å². The molecule has 10 heteroatoms. The van der Waals surface area contributed by atoms with E-state index in [1.165, 1.54) is 0 Å². The van der Waals surface area contributed by atoms with Crippen molar-refractivity contribution in [3.63, 3.8) is 0 Å². The highest BCUT2D eigenvalue weighted by molar-refractivity contribution is 7.09. The molecular weight excluding hydrogens is 438 g/mol. The molecule has 164 valence electrons. The van der Waals surface area contributed by atoms with Gasteiger partial charge in [-0.2, -0.15) is 10.2 Å². The van der Waals surface area contributed by atoms with Crippen LogP contribution in [-0.4, -0.2) is 36.8 Å². The molecule has 0 aliphatic carbocycles. The van der Waals surface area contributed by atoms with Crippen molar-refractivity contribution in [2.45, 2.75) is 13.5 Å². The van der Waals surface area contributed by atoms with E-state index in [1.54, 1.807) is 34.3 Å². The molecule has 5 rings (SSSR count). The SMILES string of the molecule is Cc1cc(C(=O)NNC(=O)c2cc(-c3ccccc3)n[nH]2)c2cnn(Cc3cccs3)c2n1. The van der Waals surface area contributed by atoms with E-state index in [9.17, 15) is 9.59 Å². The second-order valence-electron chi connectivity index (χ2n) is 7.37. The molecule has 0 aliphatic rings. The van der Waals surface area contributed by atoms with Crippen molar-refractivity contribution in [2.24, 2.45) is 0 Å². The monoisotopic (exact) mass is 457 g/mol. The number of carbonyl (C=O) groups excluding carboxylic acids is 2. The molecule has 0 bridgehead atoms. The number of rotatable bonds is 5. The number of carbonyl (C=O) groups is 2. The molecule has 0 atom stereocenters. The van der Waals surface area contributed by atoms with Gasteiger partial charge in [0.15, 0.2) is 5.65 Å². The Morgan fingerprint density at radius 2 is 1.88 bits per heavy atom. The number of hydrazine groups is 1. The maximum absolute atomic E-state index is 12.9. The number of pyridine rings is 1. The topological polar surface area (TPSA) is 118 Å². The van der Waals surface area contributed by atoms with Gasteiger partial charge in [0.2, 0.25) is 0 Å². The predicted octanol–water partition coefficient (Wildman–Crippen LogP) is 3.31. The summed E-state index contributed by atoms with van der Waals surface area (Å²) in [5.74, 6) is -0.967. The first-order valence-corrected chi connectivity index (χ1v) is 11.0. The molecule has 0 spiro atoms. The van der Waals surface area contributed by atoms with E-state index in [1.807, 2.05) is 54.8 Å². The molecule has 9 nitrogen and oxygen atoms in total. The van der Waals surface area contributed by atoms with Gasteiger partial charge in [0.25, 0.3) is 11.8 Å². The van der Waals surface area contributed by atoms with Crippen molar-refractivity contribution in [1.82, 2.24) is 35.8 Å². The number of thiophene rings is 1. The maximum atomic E-state index is 12.9. The highest BCUT2D eigenvalue weighted by atomic mass is 32.1. The minimum absolute atomic E-state index is 0.231. The van der Waals surface area contributed by atoms with E-state index in [0.717, 1.165) is 10.4 Å². The summed E-state index contributed by atoms with van der Waals surface area (Å²) in [7, 11) is 0. The molecule has 3 N–H and O–H groups in total. The van der Waals surface area contributed by atoms with Gasteiger partial charge in [-0.1, -0.05) is 36.4 Å². The van der Waals surface area contributed by atoms with Crippen LogP contribution in [0.25, 0.3) is 22.3 Å². The third-order valence-electron chi connectivity index (χ3n) is 5.05. The number of amides is 2. The molecule has 1 aromatic carbocycles. The quantitative estimate of drug-likeness (QED) is 0.350. The third-order valence-corrected chi connectivity index (χ3v) is 5.91. The number of H-pyrrole nitrogens is 1. The van der Waals surface area contributed by atoms with Gasteiger partial charge in [-0.15, -0.1) is 11.3 Å². The molecule has 4 heterocycles. The van der Waals surface area contributed by atoms with E-state index >= 15 is 0 Å². The first kappa shape index (κ1) is 20.6. The Morgan fingerprint density at radius 3 is 2.67 bits per heavy atom. The second-order valence-corrected chi connectivity index (χ2v) is 8.40. The molecule has 0 saturated carbocycles. The standard InChI is InChI=1S/C23H19N7O2S/c1-14-10-17(18-12-24-30(21(18)25-14)13-16-8-5-9-33-16)22(31)28-29-23(32)20-11-19(26-27-20)15-6-3-2-4-7-15/h2-12H,13H2,1H3,(H,26,27)(H,28,31)(H,29,32). The first-order chi connectivity index (χ1) is 16.1. The molecule has 2 amide bonds. The minimum atomic E-state index is -0.506. The van der Waals surface area contributed by atoms with Crippen LogP contribution in [-0.2, 0) is 6.54 Å². The van der Waals surface area contributed by atoms with Crippen LogP contribution in [0, 0.1) is 6.92 Å². The summed E-state index contributed by atoms with van der Waals surface area (Å²) in [6, 6.07) is 16.8. The number of benzene rings is 1. The number of aromatic nitrogens is 5. The number of hydrogen-bond acceptors (Lipinski definition) is 6. The Hall–Kier alpha value is -4.31. The van der Waals surface area contributed by atoms with Crippen LogP contribution in [0.2, 0.25) is 0 Å². The van der Waals surface area contributed by atoms with Crippen molar-refractivity contribution >= 4 is 34.2 Å². The molecule has 0 unspecified atom stereocenters. The lowest BCUT2D eigenvalue weighted by molar-refractivity contribution is 0.0844. The summed E-state index contributed by atoms with van der Waals surface area (Å²) in [5.41, 5.74) is 8.32. The molecule has 4 aromatic heterocycles. The summed E-state index contributed by atoms with van der Waals surface area (Å²) in [6.45, 7) is 2.38. The number of fused-ring (bicyclic) bond motifs is 1. The molecule has 33 heavy (non-hydrogen) atoms. The molecule has 0 fully saturated rings.